The average molecular weight is 305 g/mol. The fourth-order valence-electron chi connectivity index (χ4n) is 2.30. The first-order valence-corrected chi connectivity index (χ1v) is 8.78. The number of sulfone groups is 1. The summed E-state index contributed by atoms with van der Waals surface area (Å²) < 4.78 is 22.0. The minimum atomic E-state index is -3.11. The Labute approximate surface area is 119 Å². The van der Waals surface area contributed by atoms with Gasteiger partial charge in [0.1, 0.15) is 9.84 Å². The molecular formula is C12H23N3O4S. The lowest BCUT2D eigenvalue weighted by molar-refractivity contribution is -0.124. The molecule has 0 aliphatic heterocycles. The van der Waals surface area contributed by atoms with Gasteiger partial charge in [0, 0.05) is 18.2 Å². The first-order chi connectivity index (χ1) is 9.19. The lowest BCUT2D eigenvalue weighted by Crippen LogP contribution is -2.47. The summed E-state index contributed by atoms with van der Waals surface area (Å²) in [7, 11) is -3.11. The van der Waals surface area contributed by atoms with Gasteiger partial charge in [-0.1, -0.05) is 0 Å². The Balaban J connectivity index is 2.34. The molecule has 1 rings (SSSR count). The summed E-state index contributed by atoms with van der Waals surface area (Å²) in [5.41, 5.74) is 10.9. The Hall–Kier alpha value is -1.15. The zero-order chi connectivity index (χ0) is 15.3. The Bertz CT molecular complexity index is 455. The number of hydrogen-bond donors (Lipinski definition) is 3. The van der Waals surface area contributed by atoms with Gasteiger partial charge in [-0.3, -0.25) is 9.59 Å². The summed E-state index contributed by atoms with van der Waals surface area (Å²) in [5, 5.41) is 2.80. The minimum Gasteiger partial charge on any atom is -0.369 e. The van der Waals surface area contributed by atoms with E-state index in [2.05, 4.69) is 5.32 Å². The maximum atomic E-state index is 11.8. The van der Waals surface area contributed by atoms with Crippen LogP contribution in [0.25, 0.3) is 0 Å². The summed E-state index contributed by atoms with van der Waals surface area (Å²) in [6.07, 6.45) is 3.94. The molecule has 8 heteroatoms. The van der Waals surface area contributed by atoms with E-state index >= 15 is 0 Å². The number of rotatable bonds is 6. The van der Waals surface area contributed by atoms with Crippen LogP contribution in [-0.4, -0.2) is 44.3 Å². The number of hydrogen-bond acceptors (Lipinski definition) is 5. The molecule has 2 amide bonds. The van der Waals surface area contributed by atoms with Gasteiger partial charge < -0.3 is 16.8 Å². The molecule has 5 N–H and O–H groups in total. The van der Waals surface area contributed by atoms with Crippen LogP contribution in [-0.2, 0) is 19.4 Å². The highest BCUT2D eigenvalue weighted by molar-refractivity contribution is 7.90. The molecule has 0 aromatic rings. The van der Waals surface area contributed by atoms with Gasteiger partial charge in [-0.05, 0) is 32.1 Å². The highest BCUT2D eigenvalue weighted by Crippen LogP contribution is 2.23. The molecule has 0 aromatic heterocycles. The van der Waals surface area contributed by atoms with Gasteiger partial charge in [0.25, 0.3) is 0 Å². The second-order valence-electron chi connectivity index (χ2n) is 5.48. The van der Waals surface area contributed by atoms with Crippen molar-refractivity contribution in [2.75, 3.05) is 12.0 Å². The molecule has 1 unspecified atom stereocenters. The topological polar surface area (TPSA) is 132 Å². The smallest absolute Gasteiger partial charge is 0.237 e. The van der Waals surface area contributed by atoms with Crippen LogP contribution in [0.4, 0.5) is 0 Å². The third kappa shape index (κ3) is 5.87. The van der Waals surface area contributed by atoms with E-state index in [1.807, 2.05) is 0 Å². The van der Waals surface area contributed by atoms with E-state index < -0.39 is 15.9 Å². The predicted molar refractivity (Wildman–Crippen MR) is 75.4 cm³/mol. The van der Waals surface area contributed by atoms with Gasteiger partial charge in [-0.15, -0.1) is 0 Å². The Morgan fingerprint density at radius 2 is 1.80 bits per heavy atom. The summed E-state index contributed by atoms with van der Waals surface area (Å²) in [5.74, 6) is -0.839. The van der Waals surface area contributed by atoms with Crippen molar-refractivity contribution in [2.45, 2.75) is 44.2 Å². The minimum absolute atomic E-state index is 0.0117. The van der Waals surface area contributed by atoms with E-state index in [1.165, 1.54) is 0 Å². The van der Waals surface area contributed by atoms with Crippen molar-refractivity contribution >= 4 is 21.7 Å². The molecule has 0 aromatic carbocycles. The average Bonchev–Trinajstić information content (AvgIpc) is 2.35. The van der Waals surface area contributed by atoms with E-state index in [9.17, 15) is 18.0 Å². The quantitative estimate of drug-likeness (QED) is 0.573. The van der Waals surface area contributed by atoms with E-state index in [0.717, 1.165) is 6.26 Å². The highest BCUT2D eigenvalue weighted by Gasteiger charge is 2.26. The molecule has 1 aliphatic carbocycles. The summed E-state index contributed by atoms with van der Waals surface area (Å²) in [6.45, 7) is 0. The molecule has 0 radical (unpaired) electrons. The summed E-state index contributed by atoms with van der Waals surface area (Å²) in [6, 6.07) is -0.832. The van der Waals surface area contributed by atoms with Crippen LogP contribution in [0.3, 0.4) is 0 Å². The maximum Gasteiger partial charge on any atom is 0.237 e. The standard InChI is InChI=1S/C12H23N3O4S/c1-20(18,19)7-6-10(13)12(17)15-9-4-2-8(3-5-9)11(14)16/h8-10H,2-7,13H2,1H3,(H2,14,16)(H,15,17). The van der Waals surface area contributed by atoms with Gasteiger partial charge in [-0.2, -0.15) is 0 Å². The van der Waals surface area contributed by atoms with Crippen LogP contribution in [0.5, 0.6) is 0 Å². The van der Waals surface area contributed by atoms with Crippen molar-refractivity contribution < 1.29 is 18.0 Å². The molecule has 0 heterocycles. The van der Waals surface area contributed by atoms with Crippen molar-refractivity contribution in [3.63, 3.8) is 0 Å². The molecular weight excluding hydrogens is 282 g/mol. The monoisotopic (exact) mass is 305 g/mol. The molecule has 116 valence electrons. The van der Waals surface area contributed by atoms with Gasteiger partial charge in [0.15, 0.2) is 0 Å². The normalized spacial score (nSPS) is 24.9. The van der Waals surface area contributed by atoms with Crippen molar-refractivity contribution in [3.8, 4) is 0 Å². The lowest BCUT2D eigenvalue weighted by Gasteiger charge is -2.28. The summed E-state index contributed by atoms with van der Waals surface area (Å²) in [4.78, 5) is 22.8. The van der Waals surface area contributed by atoms with E-state index in [4.69, 9.17) is 11.5 Å². The number of nitrogens with one attached hydrogen (secondary N) is 1. The fourth-order valence-corrected chi connectivity index (χ4v) is 2.98. The SMILES string of the molecule is CS(=O)(=O)CCC(N)C(=O)NC1CCC(C(N)=O)CC1. The van der Waals surface area contributed by atoms with E-state index in [1.54, 1.807) is 0 Å². The first-order valence-electron chi connectivity index (χ1n) is 6.72. The highest BCUT2D eigenvalue weighted by atomic mass is 32.2. The van der Waals surface area contributed by atoms with Gasteiger partial charge >= 0.3 is 0 Å². The first kappa shape index (κ1) is 16.9. The second-order valence-corrected chi connectivity index (χ2v) is 7.74. The van der Waals surface area contributed by atoms with Gasteiger partial charge in [0.05, 0.1) is 11.8 Å². The number of nitrogens with two attached hydrogens (primary N) is 2. The maximum absolute atomic E-state index is 11.8. The van der Waals surface area contributed by atoms with E-state index in [0.29, 0.717) is 25.7 Å². The number of carbonyl (C=O) groups is 2. The zero-order valence-corrected chi connectivity index (χ0v) is 12.5. The van der Waals surface area contributed by atoms with Crippen LogP contribution < -0.4 is 16.8 Å². The molecule has 1 fully saturated rings. The molecule has 0 bridgehead atoms. The molecule has 1 aliphatic rings. The van der Waals surface area contributed by atoms with Crippen LogP contribution in [0.2, 0.25) is 0 Å². The van der Waals surface area contributed by atoms with Crippen LogP contribution in [0.15, 0.2) is 0 Å². The third-order valence-corrected chi connectivity index (χ3v) is 4.59. The van der Waals surface area contributed by atoms with Crippen LogP contribution in [0, 0.1) is 5.92 Å². The molecule has 0 saturated heterocycles. The number of carbonyl (C=O) groups excluding carboxylic acids is 2. The third-order valence-electron chi connectivity index (χ3n) is 3.61. The molecule has 1 atom stereocenters. The molecule has 7 nitrogen and oxygen atoms in total. The van der Waals surface area contributed by atoms with Crippen molar-refractivity contribution in [1.29, 1.82) is 0 Å². The largest absolute Gasteiger partial charge is 0.369 e. The predicted octanol–water partition coefficient (Wildman–Crippen LogP) is -1.09. The van der Waals surface area contributed by atoms with Gasteiger partial charge in [-0.25, -0.2) is 8.42 Å². The van der Waals surface area contributed by atoms with Crippen molar-refractivity contribution in [2.24, 2.45) is 17.4 Å². The molecule has 0 spiro atoms. The van der Waals surface area contributed by atoms with Crippen LogP contribution >= 0.6 is 0 Å². The fraction of sp³-hybridized carbons (Fsp3) is 0.833. The molecule has 1 saturated carbocycles. The molecule has 20 heavy (non-hydrogen) atoms. The van der Waals surface area contributed by atoms with Crippen molar-refractivity contribution in [1.82, 2.24) is 5.32 Å². The Morgan fingerprint density at radius 1 is 1.25 bits per heavy atom. The van der Waals surface area contributed by atoms with Gasteiger partial charge in [0.2, 0.25) is 11.8 Å². The second kappa shape index (κ2) is 7.03. The Morgan fingerprint density at radius 3 is 2.25 bits per heavy atom. The lowest BCUT2D eigenvalue weighted by atomic mass is 9.85. The summed E-state index contributed by atoms with van der Waals surface area (Å²) >= 11 is 0. The van der Waals surface area contributed by atoms with Crippen LogP contribution in [0.1, 0.15) is 32.1 Å². The Kier molecular flexibility index (Phi) is 5.94. The van der Waals surface area contributed by atoms with E-state index in [-0.39, 0.29) is 35.9 Å². The number of primary amides is 1. The zero-order valence-electron chi connectivity index (χ0n) is 11.7. The van der Waals surface area contributed by atoms with Crippen molar-refractivity contribution in [3.05, 3.63) is 0 Å². The number of amides is 2.